The highest BCUT2D eigenvalue weighted by Crippen LogP contribution is 2.12. The molecule has 0 N–H and O–H groups in total. The summed E-state index contributed by atoms with van der Waals surface area (Å²) in [5, 5.41) is 3.77. The number of hydrogen-bond donors (Lipinski definition) is 0. The fourth-order valence-electron chi connectivity index (χ4n) is 1.14. The summed E-state index contributed by atoms with van der Waals surface area (Å²) in [5.41, 5.74) is 0.247. The van der Waals surface area contributed by atoms with Crippen LogP contribution in [0, 0.1) is 5.82 Å². The smallest absolute Gasteiger partial charge is 0.243 e. The summed E-state index contributed by atoms with van der Waals surface area (Å²) in [7, 11) is 0. The van der Waals surface area contributed by atoms with Crippen LogP contribution < -0.4 is 0 Å². The van der Waals surface area contributed by atoms with Crippen molar-refractivity contribution < 1.29 is 9.18 Å². The van der Waals surface area contributed by atoms with Crippen LogP contribution >= 0.6 is 11.6 Å². The van der Waals surface area contributed by atoms with E-state index in [9.17, 15) is 9.18 Å². The molecule has 0 amide bonds. The average molecular weight is 214 g/mol. The zero-order valence-electron chi connectivity index (χ0n) is 7.16. The van der Waals surface area contributed by atoms with Gasteiger partial charge in [0, 0.05) is 12.3 Å². The number of Topliss-reactive ketones (excluding diaryl/α,β-unsaturated/α-hetero) is 1. The van der Waals surface area contributed by atoms with Crippen LogP contribution in [-0.2, 0) is 0 Å². The van der Waals surface area contributed by atoms with Gasteiger partial charge in [-0.25, -0.2) is 8.91 Å². The van der Waals surface area contributed by atoms with Gasteiger partial charge in [-0.3, -0.25) is 4.79 Å². The predicted octanol–water partition coefficient (Wildman–Crippen LogP) is 1.72. The Morgan fingerprint density at radius 3 is 3.00 bits per heavy atom. The van der Waals surface area contributed by atoms with Gasteiger partial charge >= 0.3 is 0 Å². The second-order valence-corrected chi connectivity index (χ2v) is 3.11. The number of rotatable bonds is 1. The van der Waals surface area contributed by atoms with Crippen molar-refractivity contribution in [1.29, 1.82) is 0 Å². The molecule has 4 nitrogen and oxygen atoms in total. The predicted molar refractivity (Wildman–Crippen MR) is 48.0 cm³/mol. The summed E-state index contributed by atoms with van der Waals surface area (Å²) >= 11 is 5.52. The van der Waals surface area contributed by atoms with E-state index < -0.39 is 5.82 Å². The van der Waals surface area contributed by atoms with Crippen molar-refractivity contribution in [2.45, 2.75) is 6.92 Å². The Labute approximate surface area is 83.3 Å². The maximum atomic E-state index is 13.2. The molecule has 0 saturated heterocycles. The number of nitrogens with zero attached hydrogens (tertiary/aromatic N) is 3. The van der Waals surface area contributed by atoms with Crippen LogP contribution in [-0.4, -0.2) is 20.4 Å². The van der Waals surface area contributed by atoms with Gasteiger partial charge in [-0.15, -0.1) is 5.10 Å². The first-order chi connectivity index (χ1) is 6.58. The highest BCUT2D eigenvalue weighted by Gasteiger charge is 2.11. The lowest BCUT2D eigenvalue weighted by Gasteiger charge is -1.98. The van der Waals surface area contributed by atoms with Gasteiger partial charge in [-0.1, -0.05) is 0 Å². The molecule has 0 radical (unpaired) electrons. The number of aromatic nitrogens is 3. The molecule has 0 unspecified atom stereocenters. The molecule has 0 aliphatic heterocycles. The average Bonchev–Trinajstić information content (AvgIpc) is 2.42. The maximum Gasteiger partial charge on any atom is 0.243 e. The number of carbonyl (C=O) groups is 1. The summed E-state index contributed by atoms with van der Waals surface area (Å²) < 4.78 is 14.5. The van der Waals surface area contributed by atoms with Crippen molar-refractivity contribution in [3.05, 3.63) is 28.9 Å². The lowest BCUT2D eigenvalue weighted by atomic mass is 10.2. The molecule has 0 atom stereocenters. The van der Waals surface area contributed by atoms with E-state index in [1.807, 2.05) is 0 Å². The maximum absolute atomic E-state index is 13.2. The van der Waals surface area contributed by atoms with Crippen LogP contribution in [0.2, 0.25) is 5.28 Å². The fraction of sp³-hybridized carbons (Fsp3) is 0.125. The molecule has 0 aromatic carbocycles. The van der Waals surface area contributed by atoms with Crippen LogP contribution in [0.25, 0.3) is 5.65 Å². The van der Waals surface area contributed by atoms with Gasteiger partial charge < -0.3 is 0 Å². The molecule has 0 fully saturated rings. The van der Waals surface area contributed by atoms with E-state index in [0.717, 1.165) is 6.07 Å². The summed E-state index contributed by atoms with van der Waals surface area (Å²) in [5.74, 6) is -0.981. The summed E-state index contributed by atoms with van der Waals surface area (Å²) in [4.78, 5) is 14.7. The van der Waals surface area contributed by atoms with Gasteiger partial charge in [0.1, 0.15) is 5.82 Å². The summed E-state index contributed by atoms with van der Waals surface area (Å²) in [6, 6.07) is 1.12. The van der Waals surface area contributed by atoms with E-state index >= 15 is 0 Å². The Morgan fingerprint density at radius 1 is 1.64 bits per heavy atom. The number of fused-ring (bicyclic) bond motifs is 1. The molecule has 0 spiro atoms. The van der Waals surface area contributed by atoms with Crippen LogP contribution in [0.3, 0.4) is 0 Å². The first-order valence-corrected chi connectivity index (χ1v) is 4.18. The number of ketones is 1. The van der Waals surface area contributed by atoms with Gasteiger partial charge in [0.05, 0.1) is 5.56 Å². The molecular formula is C8H5ClFN3O. The standard InChI is InChI=1S/C8H5ClFN3O/c1-4(14)5-3-13-7(2-6(5)10)11-8(9)12-13/h2-3H,1H3. The molecule has 0 aliphatic rings. The van der Waals surface area contributed by atoms with Crippen LogP contribution in [0.15, 0.2) is 12.3 Å². The first-order valence-electron chi connectivity index (χ1n) is 3.80. The highest BCUT2D eigenvalue weighted by atomic mass is 35.5. The van der Waals surface area contributed by atoms with E-state index in [1.54, 1.807) is 0 Å². The Morgan fingerprint density at radius 2 is 2.36 bits per heavy atom. The molecule has 2 aromatic heterocycles. The zero-order valence-corrected chi connectivity index (χ0v) is 7.92. The molecule has 14 heavy (non-hydrogen) atoms. The largest absolute Gasteiger partial charge is 0.294 e. The third-order valence-electron chi connectivity index (χ3n) is 1.78. The second kappa shape index (κ2) is 3.02. The molecule has 2 heterocycles. The molecule has 2 aromatic rings. The lowest BCUT2D eigenvalue weighted by molar-refractivity contribution is 0.101. The molecule has 0 aliphatic carbocycles. The van der Waals surface area contributed by atoms with E-state index in [4.69, 9.17) is 11.6 Å². The van der Waals surface area contributed by atoms with Gasteiger partial charge in [0.15, 0.2) is 11.4 Å². The van der Waals surface area contributed by atoms with Crippen molar-refractivity contribution in [2.75, 3.05) is 0 Å². The Balaban J connectivity index is 2.76. The lowest BCUT2D eigenvalue weighted by Crippen LogP contribution is -2.01. The molecule has 0 saturated carbocycles. The number of halogens is 2. The minimum Gasteiger partial charge on any atom is -0.294 e. The van der Waals surface area contributed by atoms with Gasteiger partial charge in [-0.2, -0.15) is 4.98 Å². The topological polar surface area (TPSA) is 47.3 Å². The molecule has 2 rings (SSSR count). The third kappa shape index (κ3) is 1.35. The molecule has 0 bridgehead atoms. The van der Waals surface area contributed by atoms with Crippen molar-refractivity contribution in [3.8, 4) is 0 Å². The van der Waals surface area contributed by atoms with Crippen molar-refractivity contribution in [3.63, 3.8) is 0 Å². The zero-order chi connectivity index (χ0) is 10.3. The quantitative estimate of drug-likeness (QED) is 0.678. The monoisotopic (exact) mass is 213 g/mol. The Bertz CT molecular complexity index is 523. The minimum absolute atomic E-state index is 0.0186. The highest BCUT2D eigenvalue weighted by molar-refractivity contribution is 6.28. The first kappa shape index (κ1) is 9.08. The van der Waals surface area contributed by atoms with Gasteiger partial charge in [0.2, 0.25) is 5.28 Å². The summed E-state index contributed by atoms with van der Waals surface area (Å²) in [6.07, 6.45) is 1.27. The van der Waals surface area contributed by atoms with Crippen molar-refractivity contribution >= 4 is 23.0 Å². The summed E-state index contributed by atoms with van der Waals surface area (Å²) in [6.45, 7) is 1.28. The van der Waals surface area contributed by atoms with Crippen molar-refractivity contribution in [1.82, 2.24) is 14.6 Å². The Hall–Kier alpha value is -1.49. The van der Waals surface area contributed by atoms with Crippen LogP contribution in [0.1, 0.15) is 17.3 Å². The normalized spacial score (nSPS) is 10.8. The fourth-order valence-corrected chi connectivity index (χ4v) is 1.30. The number of hydrogen-bond acceptors (Lipinski definition) is 3. The SMILES string of the molecule is CC(=O)c1cn2nc(Cl)nc2cc1F. The third-order valence-corrected chi connectivity index (χ3v) is 1.94. The molecule has 6 heteroatoms. The van der Waals surface area contributed by atoms with Gasteiger partial charge in [0.25, 0.3) is 0 Å². The van der Waals surface area contributed by atoms with Gasteiger partial charge in [-0.05, 0) is 18.5 Å². The minimum atomic E-state index is -0.617. The van der Waals surface area contributed by atoms with Crippen molar-refractivity contribution in [2.24, 2.45) is 0 Å². The molecular weight excluding hydrogens is 209 g/mol. The Kier molecular flexibility index (Phi) is 1.96. The molecule has 72 valence electrons. The van der Waals surface area contributed by atoms with E-state index in [2.05, 4.69) is 10.1 Å². The number of pyridine rings is 1. The number of carbonyl (C=O) groups excluding carboxylic acids is 1. The van der Waals surface area contributed by atoms with Crippen LogP contribution in [0.5, 0.6) is 0 Å². The van der Waals surface area contributed by atoms with E-state index in [1.165, 1.54) is 17.6 Å². The van der Waals surface area contributed by atoms with Crippen LogP contribution in [0.4, 0.5) is 4.39 Å². The van der Waals surface area contributed by atoms with E-state index in [0.29, 0.717) is 0 Å². The van der Waals surface area contributed by atoms with E-state index in [-0.39, 0.29) is 22.3 Å². The second-order valence-electron chi connectivity index (χ2n) is 2.77.